The summed E-state index contributed by atoms with van der Waals surface area (Å²) in [6, 6.07) is 3.97. The molecule has 0 radical (unpaired) electrons. The third kappa shape index (κ3) is 3.22. The molecule has 1 aliphatic rings. The Labute approximate surface area is 139 Å². The Morgan fingerprint density at radius 2 is 2.17 bits per heavy atom. The highest BCUT2D eigenvalue weighted by Gasteiger charge is 2.28. The van der Waals surface area contributed by atoms with E-state index in [9.17, 15) is 9.18 Å². The summed E-state index contributed by atoms with van der Waals surface area (Å²) < 4.78 is 15.0. The molecule has 0 aliphatic carbocycles. The zero-order valence-electron chi connectivity index (χ0n) is 13.1. The normalized spacial score (nSPS) is 18.3. The number of rotatable bonds is 2. The van der Waals surface area contributed by atoms with Crippen molar-refractivity contribution >= 4 is 17.5 Å². The number of benzene rings is 1. The predicted molar refractivity (Wildman–Crippen MR) is 85.1 cm³/mol. The maximum absolute atomic E-state index is 13.2. The van der Waals surface area contributed by atoms with Gasteiger partial charge in [-0.25, -0.2) is 14.1 Å². The molecule has 23 heavy (non-hydrogen) atoms. The Morgan fingerprint density at radius 1 is 1.39 bits per heavy atom. The van der Waals surface area contributed by atoms with Crippen molar-refractivity contribution < 1.29 is 9.18 Å². The standard InChI is InChI=1S/C16H18ClFN4O/c1-10-19-11(2)22(20-10)13-4-3-7-21(9-13)16(23)14-6-5-12(18)8-15(14)17/h5-6,8,13H,3-4,7,9H2,1-2H3/t13-/m0/s1. The molecule has 2 aromatic rings. The van der Waals surface area contributed by atoms with Crippen LogP contribution in [0.3, 0.4) is 0 Å². The van der Waals surface area contributed by atoms with Gasteiger partial charge >= 0.3 is 0 Å². The molecular weight excluding hydrogens is 319 g/mol. The second-order valence-electron chi connectivity index (χ2n) is 5.82. The molecule has 2 heterocycles. The zero-order chi connectivity index (χ0) is 16.6. The lowest BCUT2D eigenvalue weighted by Crippen LogP contribution is -2.41. The molecule has 0 unspecified atom stereocenters. The van der Waals surface area contributed by atoms with Crippen LogP contribution in [0.15, 0.2) is 18.2 Å². The van der Waals surface area contributed by atoms with Gasteiger partial charge in [-0.2, -0.15) is 5.10 Å². The van der Waals surface area contributed by atoms with Crippen molar-refractivity contribution in [3.63, 3.8) is 0 Å². The van der Waals surface area contributed by atoms with Crippen LogP contribution < -0.4 is 0 Å². The summed E-state index contributed by atoms with van der Waals surface area (Å²) in [5, 5.41) is 4.56. The van der Waals surface area contributed by atoms with Gasteiger partial charge in [0.2, 0.25) is 0 Å². The summed E-state index contributed by atoms with van der Waals surface area (Å²) in [6.45, 7) is 4.98. The van der Waals surface area contributed by atoms with E-state index in [1.807, 2.05) is 18.5 Å². The van der Waals surface area contributed by atoms with Crippen LogP contribution in [0.2, 0.25) is 5.02 Å². The van der Waals surface area contributed by atoms with Crippen LogP contribution in [0.25, 0.3) is 0 Å². The van der Waals surface area contributed by atoms with E-state index in [0.29, 0.717) is 18.7 Å². The van der Waals surface area contributed by atoms with Crippen molar-refractivity contribution in [2.75, 3.05) is 13.1 Å². The molecule has 1 saturated heterocycles. The van der Waals surface area contributed by atoms with Gasteiger partial charge in [0, 0.05) is 13.1 Å². The Morgan fingerprint density at radius 3 is 2.83 bits per heavy atom. The van der Waals surface area contributed by atoms with Crippen molar-refractivity contribution in [1.29, 1.82) is 0 Å². The van der Waals surface area contributed by atoms with Crippen molar-refractivity contribution in [2.24, 2.45) is 0 Å². The number of halogens is 2. The highest BCUT2D eigenvalue weighted by Crippen LogP contribution is 2.25. The lowest BCUT2D eigenvalue weighted by atomic mass is 10.0. The predicted octanol–water partition coefficient (Wildman–Crippen LogP) is 3.16. The van der Waals surface area contributed by atoms with Crippen LogP contribution in [0, 0.1) is 19.7 Å². The maximum atomic E-state index is 13.2. The second kappa shape index (κ2) is 6.28. The van der Waals surface area contributed by atoms with Crippen molar-refractivity contribution in [3.05, 3.63) is 46.3 Å². The number of amides is 1. The van der Waals surface area contributed by atoms with Gasteiger partial charge in [-0.15, -0.1) is 0 Å². The molecule has 0 spiro atoms. The Kier molecular flexibility index (Phi) is 4.35. The van der Waals surface area contributed by atoms with Crippen LogP contribution in [0.1, 0.15) is 40.9 Å². The van der Waals surface area contributed by atoms with E-state index in [1.165, 1.54) is 18.2 Å². The molecule has 1 amide bonds. The minimum absolute atomic E-state index is 0.105. The molecule has 0 saturated carbocycles. The third-order valence-corrected chi connectivity index (χ3v) is 4.41. The summed E-state index contributed by atoms with van der Waals surface area (Å²) in [6.07, 6.45) is 1.83. The van der Waals surface area contributed by atoms with Crippen LogP contribution in [-0.2, 0) is 0 Å². The number of aryl methyl sites for hydroxylation is 2. The first kappa shape index (κ1) is 15.9. The Balaban J connectivity index is 1.80. The molecule has 122 valence electrons. The summed E-state index contributed by atoms with van der Waals surface area (Å²) >= 11 is 6.01. The van der Waals surface area contributed by atoms with Crippen LogP contribution in [-0.4, -0.2) is 38.7 Å². The topological polar surface area (TPSA) is 51.0 Å². The van der Waals surface area contributed by atoms with E-state index in [1.54, 1.807) is 4.90 Å². The molecule has 0 N–H and O–H groups in total. The SMILES string of the molecule is Cc1nc(C)n([C@H]2CCCN(C(=O)c3ccc(F)cc3Cl)C2)n1. The molecule has 1 fully saturated rings. The first-order valence-electron chi connectivity index (χ1n) is 7.60. The largest absolute Gasteiger partial charge is 0.336 e. The van der Waals surface area contributed by atoms with Crippen LogP contribution in [0.5, 0.6) is 0 Å². The van der Waals surface area contributed by atoms with Crippen molar-refractivity contribution in [2.45, 2.75) is 32.7 Å². The van der Waals surface area contributed by atoms with Crippen LogP contribution >= 0.6 is 11.6 Å². The van der Waals surface area contributed by atoms with E-state index >= 15 is 0 Å². The summed E-state index contributed by atoms with van der Waals surface area (Å²) in [7, 11) is 0. The summed E-state index contributed by atoms with van der Waals surface area (Å²) in [5.41, 5.74) is 0.334. The monoisotopic (exact) mass is 336 g/mol. The van der Waals surface area contributed by atoms with Gasteiger partial charge in [0.1, 0.15) is 17.5 Å². The van der Waals surface area contributed by atoms with Gasteiger partial charge < -0.3 is 4.90 Å². The quantitative estimate of drug-likeness (QED) is 0.846. The van der Waals surface area contributed by atoms with Crippen molar-refractivity contribution in [1.82, 2.24) is 19.7 Å². The van der Waals surface area contributed by atoms with E-state index < -0.39 is 5.82 Å². The number of hydrogen-bond donors (Lipinski definition) is 0. The highest BCUT2D eigenvalue weighted by atomic mass is 35.5. The molecule has 1 atom stereocenters. The Bertz CT molecular complexity index is 746. The van der Waals surface area contributed by atoms with Gasteiger partial charge in [0.25, 0.3) is 5.91 Å². The minimum Gasteiger partial charge on any atom is -0.336 e. The number of piperidine rings is 1. The summed E-state index contributed by atoms with van der Waals surface area (Å²) in [4.78, 5) is 18.8. The van der Waals surface area contributed by atoms with E-state index in [2.05, 4.69) is 10.1 Å². The molecule has 7 heteroatoms. The number of carbonyl (C=O) groups is 1. The number of likely N-dealkylation sites (tertiary alicyclic amines) is 1. The van der Waals surface area contributed by atoms with E-state index in [4.69, 9.17) is 11.6 Å². The zero-order valence-corrected chi connectivity index (χ0v) is 13.8. The van der Waals surface area contributed by atoms with E-state index in [0.717, 1.165) is 24.5 Å². The van der Waals surface area contributed by atoms with Gasteiger partial charge in [-0.05, 0) is 44.9 Å². The van der Waals surface area contributed by atoms with Gasteiger partial charge in [0.05, 0.1) is 16.6 Å². The molecule has 1 aliphatic heterocycles. The number of nitrogens with zero attached hydrogens (tertiary/aromatic N) is 4. The number of hydrogen-bond acceptors (Lipinski definition) is 3. The number of carbonyl (C=O) groups excluding carboxylic acids is 1. The lowest BCUT2D eigenvalue weighted by molar-refractivity contribution is 0.0671. The smallest absolute Gasteiger partial charge is 0.255 e. The van der Waals surface area contributed by atoms with Gasteiger partial charge in [0.15, 0.2) is 0 Å². The molecule has 0 bridgehead atoms. The van der Waals surface area contributed by atoms with Crippen molar-refractivity contribution in [3.8, 4) is 0 Å². The fraction of sp³-hybridized carbons (Fsp3) is 0.438. The number of aromatic nitrogens is 3. The average molecular weight is 337 g/mol. The fourth-order valence-corrected chi connectivity index (χ4v) is 3.30. The van der Waals surface area contributed by atoms with Crippen LogP contribution in [0.4, 0.5) is 4.39 Å². The summed E-state index contributed by atoms with van der Waals surface area (Å²) in [5.74, 6) is 0.958. The first-order chi connectivity index (χ1) is 11.0. The molecule has 5 nitrogen and oxygen atoms in total. The van der Waals surface area contributed by atoms with Gasteiger partial charge in [-0.1, -0.05) is 11.6 Å². The fourth-order valence-electron chi connectivity index (χ4n) is 3.05. The molecular formula is C16H18ClFN4O. The minimum atomic E-state index is -0.447. The Hall–Kier alpha value is -1.95. The highest BCUT2D eigenvalue weighted by molar-refractivity contribution is 6.33. The molecule has 3 rings (SSSR count). The molecule has 1 aromatic carbocycles. The lowest BCUT2D eigenvalue weighted by Gasteiger charge is -2.33. The van der Waals surface area contributed by atoms with E-state index in [-0.39, 0.29) is 17.0 Å². The first-order valence-corrected chi connectivity index (χ1v) is 7.97. The molecule has 1 aromatic heterocycles. The average Bonchev–Trinajstić information content (AvgIpc) is 2.85. The second-order valence-corrected chi connectivity index (χ2v) is 6.23. The maximum Gasteiger partial charge on any atom is 0.255 e. The van der Waals surface area contributed by atoms with Gasteiger partial charge in [-0.3, -0.25) is 4.79 Å². The third-order valence-electron chi connectivity index (χ3n) is 4.10.